The van der Waals surface area contributed by atoms with Gasteiger partial charge >= 0.3 is 11.9 Å². The van der Waals surface area contributed by atoms with E-state index in [-0.39, 0.29) is 13.2 Å². The van der Waals surface area contributed by atoms with E-state index in [0.717, 1.165) is 0 Å². The molecule has 101 valence electrons. The second kappa shape index (κ2) is 6.99. The molecular formula is C14H21O4. The molecule has 1 radical (unpaired) electrons. The lowest BCUT2D eigenvalue weighted by Gasteiger charge is -2.26. The number of esters is 2. The average Bonchev–Trinajstić information content (AvgIpc) is 2.32. The highest BCUT2D eigenvalue weighted by atomic mass is 16.5. The maximum Gasteiger partial charge on any atom is 0.333 e. The van der Waals surface area contributed by atoms with E-state index in [9.17, 15) is 9.59 Å². The predicted octanol–water partition coefficient (Wildman–Crippen LogP) is 2.46. The Labute approximate surface area is 109 Å². The summed E-state index contributed by atoms with van der Waals surface area (Å²) in [7, 11) is 0. The van der Waals surface area contributed by atoms with Crippen LogP contribution in [-0.2, 0) is 19.1 Å². The molecule has 0 amide bonds. The zero-order chi connectivity index (χ0) is 14.3. The van der Waals surface area contributed by atoms with Gasteiger partial charge in [0.15, 0.2) is 0 Å². The van der Waals surface area contributed by atoms with Crippen molar-refractivity contribution in [2.45, 2.75) is 27.2 Å². The van der Waals surface area contributed by atoms with Crippen LogP contribution >= 0.6 is 0 Å². The summed E-state index contributed by atoms with van der Waals surface area (Å²) >= 11 is 0. The lowest BCUT2D eigenvalue weighted by molar-refractivity contribution is -0.147. The molecule has 4 heteroatoms. The molecule has 4 nitrogen and oxygen atoms in total. The van der Waals surface area contributed by atoms with Gasteiger partial charge in [0.25, 0.3) is 0 Å². The topological polar surface area (TPSA) is 52.6 Å². The van der Waals surface area contributed by atoms with Crippen molar-refractivity contribution in [3.05, 3.63) is 31.2 Å². The molecule has 0 aliphatic carbocycles. The molecule has 0 unspecified atom stereocenters. The van der Waals surface area contributed by atoms with Crippen molar-refractivity contribution in [1.82, 2.24) is 0 Å². The quantitative estimate of drug-likeness (QED) is 0.516. The first-order valence-corrected chi connectivity index (χ1v) is 5.72. The summed E-state index contributed by atoms with van der Waals surface area (Å²) in [4.78, 5) is 22.6. The Kier molecular flexibility index (Phi) is 6.37. The van der Waals surface area contributed by atoms with Gasteiger partial charge in [-0.05, 0) is 27.2 Å². The summed E-state index contributed by atoms with van der Waals surface area (Å²) in [5.74, 6) is -0.939. The van der Waals surface area contributed by atoms with Crippen LogP contribution in [-0.4, -0.2) is 25.2 Å². The zero-order valence-electron chi connectivity index (χ0n) is 11.4. The van der Waals surface area contributed by atoms with Gasteiger partial charge in [-0.15, -0.1) is 0 Å². The lowest BCUT2D eigenvalue weighted by Crippen LogP contribution is -2.31. The molecular weight excluding hydrogens is 232 g/mol. The first kappa shape index (κ1) is 16.4. The van der Waals surface area contributed by atoms with Gasteiger partial charge in [0.2, 0.25) is 0 Å². The molecule has 0 N–H and O–H groups in total. The number of carbonyl (C=O) groups is 2. The van der Waals surface area contributed by atoms with Gasteiger partial charge in [-0.2, -0.15) is 0 Å². The molecule has 0 bridgehead atoms. The van der Waals surface area contributed by atoms with Crippen LogP contribution in [0.25, 0.3) is 0 Å². The smallest absolute Gasteiger partial charge is 0.333 e. The van der Waals surface area contributed by atoms with Crippen molar-refractivity contribution < 1.29 is 19.1 Å². The van der Waals surface area contributed by atoms with Gasteiger partial charge in [0.1, 0.15) is 13.2 Å². The van der Waals surface area contributed by atoms with Gasteiger partial charge < -0.3 is 9.47 Å². The van der Waals surface area contributed by atoms with E-state index in [0.29, 0.717) is 17.6 Å². The monoisotopic (exact) mass is 253 g/mol. The summed E-state index contributed by atoms with van der Waals surface area (Å²) in [6.45, 7) is 16.1. The SMILES string of the molecule is [CH2]C(CC)(COC(=O)C(=C)C)COC(=O)C(=C)C. The van der Waals surface area contributed by atoms with Crippen LogP contribution in [0.1, 0.15) is 27.2 Å². The highest BCUT2D eigenvalue weighted by Gasteiger charge is 2.27. The molecule has 0 aromatic carbocycles. The van der Waals surface area contributed by atoms with Gasteiger partial charge in [-0.3, -0.25) is 0 Å². The fourth-order valence-electron chi connectivity index (χ4n) is 0.929. The van der Waals surface area contributed by atoms with Crippen LogP contribution in [0.4, 0.5) is 0 Å². The van der Waals surface area contributed by atoms with Gasteiger partial charge in [-0.1, -0.05) is 20.1 Å². The van der Waals surface area contributed by atoms with Crippen molar-refractivity contribution in [3.8, 4) is 0 Å². The van der Waals surface area contributed by atoms with E-state index < -0.39 is 17.4 Å². The maximum absolute atomic E-state index is 11.3. The second-order valence-corrected chi connectivity index (χ2v) is 4.57. The Morgan fingerprint density at radius 3 is 1.56 bits per heavy atom. The first-order chi connectivity index (χ1) is 8.22. The number of carbonyl (C=O) groups excluding carboxylic acids is 2. The third-order valence-corrected chi connectivity index (χ3v) is 2.47. The van der Waals surface area contributed by atoms with Crippen LogP contribution < -0.4 is 0 Å². The van der Waals surface area contributed by atoms with Crippen LogP contribution in [0, 0.1) is 12.3 Å². The lowest BCUT2D eigenvalue weighted by atomic mass is 9.90. The van der Waals surface area contributed by atoms with Crippen LogP contribution in [0.5, 0.6) is 0 Å². The summed E-state index contributed by atoms with van der Waals surface area (Å²) in [6, 6.07) is 0. The highest BCUT2D eigenvalue weighted by Crippen LogP contribution is 2.22. The number of hydrogen-bond acceptors (Lipinski definition) is 4. The molecule has 0 spiro atoms. The van der Waals surface area contributed by atoms with Gasteiger partial charge in [0.05, 0.1) is 0 Å². The first-order valence-electron chi connectivity index (χ1n) is 5.72. The summed E-state index contributed by atoms with van der Waals surface area (Å²) in [6.07, 6.45) is 0.611. The average molecular weight is 253 g/mol. The van der Waals surface area contributed by atoms with E-state index in [1.807, 2.05) is 6.92 Å². The molecule has 0 rings (SSSR count). The van der Waals surface area contributed by atoms with E-state index in [2.05, 4.69) is 20.1 Å². The Balaban J connectivity index is 4.35. The minimum absolute atomic E-state index is 0.0820. The molecule has 0 heterocycles. The Morgan fingerprint density at radius 2 is 1.33 bits per heavy atom. The van der Waals surface area contributed by atoms with Crippen molar-refractivity contribution in [1.29, 1.82) is 0 Å². The molecule has 0 aromatic heterocycles. The fraction of sp³-hybridized carbons (Fsp3) is 0.500. The Hall–Kier alpha value is -1.58. The minimum atomic E-state index is -0.643. The van der Waals surface area contributed by atoms with E-state index in [1.54, 1.807) is 13.8 Å². The number of ether oxygens (including phenoxy) is 2. The Bertz CT molecular complexity index is 325. The third-order valence-electron chi connectivity index (χ3n) is 2.47. The molecule has 0 saturated carbocycles. The summed E-state index contributed by atoms with van der Waals surface area (Å²) in [5.41, 5.74) is 0.00992. The van der Waals surface area contributed by atoms with Crippen LogP contribution in [0.15, 0.2) is 24.3 Å². The molecule has 0 saturated heterocycles. The zero-order valence-corrected chi connectivity index (χ0v) is 11.4. The normalized spacial score (nSPS) is 10.7. The van der Waals surface area contributed by atoms with Gasteiger partial charge in [0, 0.05) is 16.6 Å². The Morgan fingerprint density at radius 1 is 1.00 bits per heavy atom. The minimum Gasteiger partial charge on any atom is -0.462 e. The fourth-order valence-corrected chi connectivity index (χ4v) is 0.929. The van der Waals surface area contributed by atoms with E-state index in [1.165, 1.54) is 0 Å². The van der Waals surface area contributed by atoms with Crippen molar-refractivity contribution in [2.75, 3.05) is 13.2 Å². The van der Waals surface area contributed by atoms with Crippen molar-refractivity contribution >= 4 is 11.9 Å². The van der Waals surface area contributed by atoms with Crippen LogP contribution in [0.2, 0.25) is 0 Å². The highest BCUT2D eigenvalue weighted by molar-refractivity contribution is 5.87. The molecule has 0 aromatic rings. The van der Waals surface area contributed by atoms with E-state index >= 15 is 0 Å². The molecule has 0 aliphatic rings. The van der Waals surface area contributed by atoms with Crippen molar-refractivity contribution in [3.63, 3.8) is 0 Å². The number of hydrogen-bond donors (Lipinski definition) is 0. The third kappa shape index (κ3) is 5.66. The second-order valence-electron chi connectivity index (χ2n) is 4.57. The largest absolute Gasteiger partial charge is 0.462 e. The van der Waals surface area contributed by atoms with Crippen LogP contribution in [0.3, 0.4) is 0 Å². The molecule has 0 aliphatic heterocycles. The summed E-state index contributed by atoms with van der Waals surface area (Å²) < 4.78 is 10.1. The van der Waals surface area contributed by atoms with Gasteiger partial charge in [-0.25, -0.2) is 9.59 Å². The summed E-state index contributed by atoms with van der Waals surface area (Å²) in [5, 5.41) is 0. The number of rotatable bonds is 7. The molecule has 0 atom stereocenters. The molecule has 18 heavy (non-hydrogen) atoms. The maximum atomic E-state index is 11.3. The van der Waals surface area contributed by atoms with E-state index in [4.69, 9.17) is 9.47 Å². The van der Waals surface area contributed by atoms with Crippen molar-refractivity contribution in [2.24, 2.45) is 5.41 Å². The standard InChI is InChI=1S/C14H21O4/c1-7-14(6,8-17-12(15)10(2)3)9-18-13(16)11(4)5/h2,4,6-9H2,1,3,5H3. The molecule has 0 fully saturated rings. The predicted molar refractivity (Wildman–Crippen MR) is 69.6 cm³/mol.